The number of ether oxygens (including phenoxy) is 1. The topological polar surface area (TPSA) is 74.1 Å². The number of hydrogen-bond donors (Lipinski definition) is 1. The van der Waals surface area contributed by atoms with E-state index in [4.69, 9.17) is 16.3 Å². The second kappa shape index (κ2) is 8.01. The van der Waals surface area contributed by atoms with Crippen LogP contribution >= 0.6 is 11.6 Å². The highest BCUT2D eigenvalue weighted by atomic mass is 35.5. The van der Waals surface area contributed by atoms with Crippen molar-refractivity contribution < 1.29 is 4.74 Å². The first-order chi connectivity index (χ1) is 13.0. The van der Waals surface area contributed by atoms with Crippen LogP contribution in [0, 0.1) is 18.3 Å². The van der Waals surface area contributed by atoms with Crippen LogP contribution in [0.15, 0.2) is 12.1 Å². The number of nitriles is 1. The van der Waals surface area contributed by atoms with Crippen molar-refractivity contribution >= 4 is 28.9 Å². The van der Waals surface area contributed by atoms with Gasteiger partial charge in [0.05, 0.1) is 17.8 Å². The molecule has 0 spiro atoms. The number of fused-ring (bicyclic) bond motifs is 1. The molecule has 1 aromatic heterocycles. The van der Waals surface area contributed by atoms with Crippen molar-refractivity contribution in [3.05, 3.63) is 34.1 Å². The fraction of sp³-hybridized carbons (Fsp3) is 0.450. The minimum absolute atomic E-state index is 0.262. The van der Waals surface area contributed by atoms with Gasteiger partial charge in [0.1, 0.15) is 29.0 Å². The lowest BCUT2D eigenvalue weighted by molar-refractivity contribution is 0.414. The lowest BCUT2D eigenvalue weighted by Crippen LogP contribution is -2.22. The van der Waals surface area contributed by atoms with Crippen LogP contribution < -0.4 is 15.0 Å². The largest absolute Gasteiger partial charge is 0.497 e. The van der Waals surface area contributed by atoms with Gasteiger partial charge in [-0.25, -0.2) is 9.97 Å². The Bertz CT molecular complexity index is 889. The van der Waals surface area contributed by atoms with Crippen molar-refractivity contribution in [2.24, 2.45) is 0 Å². The van der Waals surface area contributed by atoms with Crippen molar-refractivity contribution in [3.63, 3.8) is 0 Å². The first kappa shape index (κ1) is 19.2. The van der Waals surface area contributed by atoms with E-state index in [0.717, 1.165) is 36.3 Å². The molecule has 2 heterocycles. The molecule has 0 radical (unpaired) electrons. The van der Waals surface area contributed by atoms with Crippen molar-refractivity contribution in [1.29, 1.82) is 5.26 Å². The van der Waals surface area contributed by atoms with E-state index in [1.54, 1.807) is 13.2 Å². The third-order valence-corrected chi connectivity index (χ3v) is 5.21. The Balaban J connectivity index is 2.09. The second-order valence-corrected chi connectivity index (χ2v) is 7.01. The molecule has 0 amide bonds. The van der Waals surface area contributed by atoms with Crippen LogP contribution in [-0.4, -0.2) is 29.7 Å². The minimum atomic E-state index is 0.262. The van der Waals surface area contributed by atoms with Crippen LogP contribution in [-0.2, 0) is 6.42 Å². The number of halogens is 1. The molecule has 1 aromatic carbocycles. The Morgan fingerprint density at radius 2 is 2.07 bits per heavy atom. The van der Waals surface area contributed by atoms with E-state index in [1.807, 2.05) is 17.9 Å². The van der Waals surface area contributed by atoms with Crippen LogP contribution in [0.4, 0.5) is 17.3 Å². The summed E-state index contributed by atoms with van der Waals surface area (Å²) >= 11 is 6.54. The molecule has 6 nitrogen and oxygen atoms in total. The van der Waals surface area contributed by atoms with Gasteiger partial charge in [-0.2, -0.15) is 5.26 Å². The number of aromatic nitrogens is 2. The van der Waals surface area contributed by atoms with Crippen molar-refractivity contribution in [2.75, 3.05) is 23.9 Å². The summed E-state index contributed by atoms with van der Waals surface area (Å²) in [5.41, 5.74) is 2.43. The number of nitrogens with zero attached hydrogens (tertiary/aromatic N) is 4. The molecular formula is C20H24ClN5O. The maximum Gasteiger partial charge on any atom is 0.157 e. The van der Waals surface area contributed by atoms with Gasteiger partial charge in [-0.3, -0.25) is 0 Å². The van der Waals surface area contributed by atoms with Gasteiger partial charge in [-0.05, 0) is 37.8 Å². The molecule has 0 fully saturated rings. The number of anilines is 3. The van der Waals surface area contributed by atoms with Gasteiger partial charge in [0.15, 0.2) is 5.82 Å². The van der Waals surface area contributed by atoms with E-state index in [-0.39, 0.29) is 6.04 Å². The molecule has 1 aliphatic rings. The van der Waals surface area contributed by atoms with E-state index in [0.29, 0.717) is 34.6 Å². The normalized spacial score (nSPS) is 12.9. The monoisotopic (exact) mass is 385 g/mol. The highest BCUT2D eigenvalue weighted by Crippen LogP contribution is 2.43. The molecule has 0 atom stereocenters. The molecule has 0 bridgehead atoms. The molecule has 1 N–H and O–H groups in total. The molecule has 0 aliphatic carbocycles. The van der Waals surface area contributed by atoms with Gasteiger partial charge >= 0.3 is 0 Å². The molecule has 142 valence electrons. The first-order valence-electron chi connectivity index (χ1n) is 9.21. The fourth-order valence-electron chi connectivity index (χ4n) is 3.44. The number of aryl methyl sites for hydroxylation is 1. The summed E-state index contributed by atoms with van der Waals surface area (Å²) in [6.45, 7) is 6.78. The minimum Gasteiger partial charge on any atom is -0.497 e. The Labute approximate surface area is 165 Å². The molecule has 0 unspecified atom stereocenters. The highest BCUT2D eigenvalue weighted by molar-refractivity contribution is 6.34. The SMILES string of the molecule is CCC(CC)Nc1nc(C)nc(N2CCc3cc(OC)cc(Cl)c32)c1C#N. The molecule has 2 aromatic rings. The maximum atomic E-state index is 9.86. The Morgan fingerprint density at radius 1 is 1.33 bits per heavy atom. The molecule has 1 aliphatic heterocycles. The van der Waals surface area contributed by atoms with Crippen LogP contribution in [0.5, 0.6) is 5.75 Å². The fourth-order valence-corrected chi connectivity index (χ4v) is 3.77. The van der Waals surface area contributed by atoms with Gasteiger partial charge in [-0.15, -0.1) is 0 Å². The third-order valence-electron chi connectivity index (χ3n) is 4.92. The smallest absolute Gasteiger partial charge is 0.157 e. The van der Waals surface area contributed by atoms with Gasteiger partial charge in [-0.1, -0.05) is 25.4 Å². The summed E-state index contributed by atoms with van der Waals surface area (Å²) in [5.74, 6) is 2.54. The van der Waals surface area contributed by atoms with Crippen LogP contribution in [0.3, 0.4) is 0 Å². The van der Waals surface area contributed by atoms with Crippen LogP contribution in [0.25, 0.3) is 0 Å². The summed E-state index contributed by atoms with van der Waals surface area (Å²) in [6.07, 6.45) is 2.73. The lowest BCUT2D eigenvalue weighted by Gasteiger charge is -2.24. The molecular weight excluding hydrogens is 362 g/mol. The van der Waals surface area contributed by atoms with Gasteiger partial charge in [0, 0.05) is 18.7 Å². The van der Waals surface area contributed by atoms with Crippen LogP contribution in [0.2, 0.25) is 5.02 Å². The standard InChI is InChI=1S/C20H24ClN5O/c1-5-14(6-2)25-19-16(11-22)20(24-12(3)23-19)26-8-7-13-9-15(27-4)10-17(21)18(13)26/h9-10,14H,5-8H2,1-4H3,(H,23,24,25). The van der Waals surface area contributed by atoms with E-state index < -0.39 is 0 Å². The predicted octanol–water partition coefficient (Wildman–Crippen LogP) is 4.61. The molecule has 0 saturated carbocycles. The van der Waals surface area contributed by atoms with Crippen LogP contribution in [0.1, 0.15) is 43.6 Å². The summed E-state index contributed by atoms with van der Waals surface area (Å²) in [5, 5.41) is 13.9. The van der Waals surface area contributed by atoms with Crippen molar-refractivity contribution in [3.8, 4) is 11.8 Å². The van der Waals surface area contributed by atoms with Gasteiger partial charge < -0.3 is 15.0 Å². The second-order valence-electron chi connectivity index (χ2n) is 6.61. The number of rotatable bonds is 6. The average Bonchev–Trinajstić information content (AvgIpc) is 3.09. The zero-order chi connectivity index (χ0) is 19.6. The van der Waals surface area contributed by atoms with Crippen molar-refractivity contribution in [1.82, 2.24) is 9.97 Å². The summed E-state index contributed by atoms with van der Waals surface area (Å²) in [6, 6.07) is 6.34. The summed E-state index contributed by atoms with van der Waals surface area (Å²) in [4.78, 5) is 11.1. The zero-order valence-corrected chi connectivity index (χ0v) is 16.9. The van der Waals surface area contributed by atoms with Gasteiger partial charge in [0.2, 0.25) is 0 Å². The molecule has 0 saturated heterocycles. The van der Waals surface area contributed by atoms with Gasteiger partial charge in [0.25, 0.3) is 0 Å². The van der Waals surface area contributed by atoms with Crippen molar-refractivity contribution in [2.45, 2.75) is 46.1 Å². The summed E-state index contributed by atoms with van der Waals surface area (Å²) < 4.78 is 5.32. The lowest BCUT2D eigenvalue weighted by atomic mass is 10.1. The quantitative estimate of drug-likeness (QED) is 0.782. The van der Waals surface area contributed by atoms with E-state index in [2.05, 4.69) is 35.2 Å². The molecule has 27 heavy (non-hydrogen) atoms. The number of methoxy groups -OCH3 is 1. The van der Waals surface area contributed by atoms with E-state index >= 15 is 0 Å². The Hall–Kier alpha value is -2.52. The summed E-state index contributed by atoms with van der Waals surface area (Å²) in [7, 11) is 1.63. The number of benzene rings is 1. The Morgan fingerprint density at radius 3 is 2.70 bits per heavy atom. The number of nitrogens with one attached hydrogen (secondary N) is 1. The predicted molar refractivity (Wildman–Crippen MR) is 108 cm³/mol. The van der Waals surface area contributed by atoms with E-state index in [1.165, 1.54) is 0 Å². The maximum absolute atomic E-state index is 9.86. The average molecular weight is 386 g/mol. The first-order valence-corrected chi connectivity index (χ1v) is 9.59. The van der Waals surface area contributed by atoms with E-state index in [9.17, 15) is 5.26 Å². The Kier molecular flexibility index (Phi) is 5.71. The molecule has 3 rings (SSSR count). The third kappa shape index (κ3) is 3.65. The number of hydrogen-bond acceptors (Lipinski definition) is 6. The molecule has 7 heteroatoms. The highest BCUT2D eigenvalue weighted by Gasteiger charge is 2.29. The zero-order valence-electron chi connectivity index (χ0n) is 16.1.